The van der Waals surface area contributed by atoms with E-state index in [0.29, 0.717) is 0 Å². The minimum absolute atomic E-state index is 0.210. The molecule has 1 atom stereocenters. The smallest absolute Gasteiger partial charge is 0.131 e. The summed E-state index contributed by atoms with van der Waals surface area (Å²) in [6, 6.07) is 1.87. The summed E-state index contributed by atoms with van der Waals surface area (Å²) in [5.74, 6) is 1.62. The Bertz CT molecular complexity index is 327. The van der Waals surface area contributed by atoms with Crippen molar-refractivity contribution in [3.63, 3.8) is 0 Å². The summed E-state index contributed by atoms with van der Waals surface area (Å²) in [6.07, 6.45) is 1.75. The van der Waals surface area contributed by atoms with Gasteiger partial charge < -0.3 is 20.7 Å². The third-order valence-electron chi connectivity index (χ3n) is 2.44. The monoisotopic (exact) mass is 223 g/mol. The molecule has 6 heteroatoms. The molecule has 0 radical (unpaired) electrons. The molecule has 0 bridgehead atoms. The Morgan fingerprint density at radius 2 is 2.38 bits per heavy atom. The molecule has 1 fully saturated rings. The van der Waals surface area contributed by atoms with Crippen LogP contribution in [0, 0.1) is 0 Å². The molecule has 1 aromatic rings. The number of aromatic nitrogens is 2. The molecule has 1 unspecified atom stereocenters. The summed E-state index contributed by atoms with van der Waals surface area (Å²) in [5.41, 5.74) is 0. The Hall–Kier alpha value is -1.40. The molecule has 88 valence electrons. The molecule has 1 aliphatic rings. The third-order valence-corrected chi connectivity index (χ3v) is 2.44. The Morgan fingerprint density at radius 3 is 3.12 bits per heavy atom. The van der Waals surface area contributed by atoms with Gasteiger partial charge in [0.05, 0.1) is 12.7 Å². The molecule has 0 aromatic carbocycles. The van der Waals surface area contributed by atoms with Gasteiger partial charge in [0.1, 0.15) is 18.0 Å². The number of ether oxygens (including phenoxy) is 1. The number of nitrogens with zero attached hydrogens (tertiary/aromatic N) is 2. The summed E-state index contributed by atoms with van der Waals surface area (Å²) < 4.78 is 5.57. The maximum atomic E-state index is 5.57. The number of hydrogen-bond donors (Lipinski definition) is 3. The van der Waals surface area contributed by atoms with Crippen LogP contribution in [0.2, 0.25) is 0 Å². The second-order valence-corrected chi connectivity index (χ2v) is 3.62. The minimum Gasteiger partial charge on any atom is -0.374 e. The van der Waals surface area contributed by atoms with E-state index in [-0.39, 0.29) is 6.10 Å². The van der Waals surface area contributed by atoms with Gasteiger partial charge in [-0.05, 0) is 0 Å². The highest BCUT2D eigenvalue weighted by atomic mass is 16.5. The van der Waals surface area contributed by atoms with Crippen LogP contribution in [0.15, 0.2) is 12.4 Å². The summed E-state index contributed by atoms with van der Waals surface area (Å²) in [5, 5.41) is 9.49. The fourth-order valence-electron chi connectivity index (χ4n) is 1.56. The third kappa shape index (κ3) is 3.04. The molecule has 2 rings (SSSR count). The second kappa shape index (κ2) is 5.62. The van der Waals surface area contributed by atoms with Gasteiger partial charge in [0.15, 0.2) is 0 Å². The lowest BCUT2D eigenvalue weighted by atomic mass is 10.3. The standard InChI is InChI=1S/C10H17N5O/c1-11-9-4-10(15-7-14-9)13-6-8-5-12-2-3-16-8/h4,7-8,12H,2-3,5-6H2,1H3,(H2,11,13,14,15). The van der Waals surface area contributed by atoms with E-state index in [1.165, 1.54) is 6.33 Å². The summed E-state index contributed by atoms with van der Waals surface area (Å²) in [4.78, 5) is 8.18. The zero-order chi connectivity index (χ0) is 11.2. The average molecular weight is 223 g/mol. The first-order valence-electron chi connectivity index (χ1n) is 5.44. The maximum Gasteiger partial charge on any atom is 0.131 e. The van der Waals surface area contributed by atoms with E-state index in [4.69, 9.17) is 4.74 Å². The molecule has 1 aromatic heterocycles. The van der Waals surface area contributed by atoms with Crippen LogP contribution in [0.3, 0.4) is 0 Å². The molecular formula is C10H17N5O. The fourth-order valence-corrected chi connectivity index (χ4v) is 1.56. The minimum atomic E-state index is 0.210. The van der Waals surface area contributed by atoms with Gasteiger partial charge in [0.2, 0.25) is 0 Å². The van der Waals surface area contributed by atoms with Gasteiger partial charge in [-0.15, -0.1) is 0 Å². The molecule has 0 amide bonds. The van der Waals surface area contributed by atoms with Crippen LogP contribution >= 0.6 is 0 Å². The van der Waals surface area contributed by atoms with Gasteiger partial charge in [-0.1, -0.05) is 0 Å². The van der Waals surface area contributed by atoms with E-state index in [2.05, 4.69) is 25.9 Å². The molecule has 0 saturated carbocycles. The Balaban J connectivity index is 1.83. The SMILES string of the molecule is CNc1cc(NCC2CNCCO2)ncn1. The van der Waals surface area contributed by atoms with E-state index < -0.39 is 0 Å². The molecule has 6 nitrogen and oxygen atoms in total. The molecule has 1 saturated heterocycles. The van der Waals surface area contributed by atoms with Gasteiger partial charge >= 0.3 is 0 Å². The predicted molar refractivity (Wildman–Crippen MR) is 62.7 cm³/mol. The van der Waals surface area contributed by atoms with Crippen molar-refractivity contribution in [3.8, 4) is 0 Å². The van der Waals surface area contributed by atoms with Crippen molar-refractivity contribution in [3.05, 3.63) is 12.4 Å². The highest BCUT2D eigenvalue weighted by molar-refractivity contribution is 5.45. The van der Waals surface area contributed by atoms with E-state index in [0.717, 1.165) is 37.9 Å². The first kappa shape index (κ1) is 11.1. The highest BCUT2D eigenvalue weighted by Crippen LogP contribution is 2.08. The normalized spacial score (nSPS) is 20.4. The second-order valence-electron chi connectivity index (χ2n) is 3.62. The lowest BCUT2D eigenvalue weighted by molar-refractivity contribution is 0.0372. The van der Waals surface area contributed by atoms with Crippen LogP contribution in [0.25, 0.3) is 0 Å². The maximum absolute atomic E-state index is 5.57. The summed E-state index contributed by atoms with van der Waals surface area (Å²) in [6.45, 7) is 3.36. The van der Waals surface area contributed by atoms with Crippen molar-refractivity contribution in [1.29, 1.82) is 0 Å². The largest absolute Gasteiger partial charge is 0.374 e. The molecule has 2 heterocycles. The van der Waals surface area contributed by atoms with Crippen LogP contribution in [-0.2, 0) is 4.74 Å². The Labute approximate surface area is 94.8 Å². The van der Waals surface area contributed by atoms with Crippen LogP contribution in [-0.4, -0.2) is 49.4 Å². The van der Waals surface area contributed by atoms with Gasteiger partial charge in [0, 0.05) is 32.7 Å². The van der Waals surface area contributed by atoms with E-state index >= 15 is 0 Å². The quantitative estimate of drug-likeness (QED) is 0.663. The van der Waals surface area contributed by atoms with Gasteiger partial charge in [-0.25, -0.2) is 9.97 Å². The molecule has 0 aliphatic carbocycles. The zero-order valence-corrected chi connectivity index (χ0v) is 9.36. The number of hydrogen-bond acceptors (Lipinski definition) is 6. The number of nitrogens with one attached hydrogen (secondary N) is 3. The molecule has 16 heavy (non-hydrogen) atoms. The van der Waals surface area contributed by atoms with Gasteiger partial charge in [-0.3, -0.25) is 0 Å². The topological polar surface area (TPSA) is 71.1 Å². The summed E-state index contributed by atoms with van der Waals surface area (Å²) in [7, 11) is 1.83. The fraction of sp³-hybridized carbons (Fsp3) is 0.600. The lowest BCUT2D eigenvalue weighted by Gasteiger charge is -2.23. The van der Waals surface area contributed by atoms with Crippen molar-refractivity contribution in [2.24, 2.45) is 0 Å². The number of anilines is 2. The highest BCUT2D eigenvalue weighted by Gasteiger charge is 2.12. The van der Waals surface area contributed by atoms with E-state index in [9.17, 15) is 0 Å². The zero-order valence-electron chi connectivity index (χ0n) is 9.36. The molecule has 1 aliphatic heterocycles. The average Bonchev–Trinajstić information content (AvgIpc) is 2.38. The first-order valence-corrected chi connectivity index (χ1v) is 5.44. The molecular weight excluding hydrogens is 206 g/mol. The first-order chi connectivity index (χ1) is 7.88. The molecule has 0 spiro atoms. The summed E-state index contributed by atoms with van der Waals surface area (Å²) >= 11 is 0. The van der Waals surface area contributed by atoms with Crippen molar-refractivity contribution in [2.45, 2.75) is 6.10 Å². The number of morpholine rings is 1. The van der Waals surface area contributed by atoms with Crippen molar-refractivity contribution in [1.82, 2.24) is 15.3 Å². The predicted octanol–water partition coefficient (Wildman–Crippen LogP) is -0.0814. The van der Waals surface area contributed by atoms with Crippen LogP contribution in [0.4, 0.5) is 11.6 Å². The van der Waals surface area contributed by atoms with Crippen molar-refractivity contribution >= 4 is 11.6 Å². The van der Waals surface area contributed by atoms with Crippen molar-refractivity contribution in [2.75, 3.05) is 43.9 Å². The Morgan fingerprint density at radius 1 is 1.50 bits per heavy atom. The van der Waals surface area contributed by atoms with E-state index in [1.54, 1.807) is 0 Å². The number of rotatable bonds is 4. The van der Waals surface area contributed by atoms with Crippen molar-refractivity contribution < 1.29 is 4.74 Å². The van der Waals surface area contributed by atoms with Crippen LogP contribution in [0.5, 0.6) is 0 Å². The lowest BCUT2D eigenvalue weighted by Crippen LogP contribution is -2.42. The van der Waals surface area contributed by atoms with Gasteiger partial charge in [-0.2, -0.15) is 0 Å². The van der Waals surface area contributed by atoms with Crippen LogP contribution in [0.1, 0.15) is 0 Å². The molecule has 3 N–H and O–H groups in total. The van der Waals surface area contributed by atoms with E-state index in [1.807, 2.05) is 13.1 Å². The van der Waals surface area contributed by atoms with Crippen LogP contribution < -0.4 is 16.0 Å². The van der Waals surface area contributed by atoms with Gasteiger partial charge in [0.25, 0.3) is 0 Å². The Kier molecular flexibility index (Phi) is 3.90.